The van der Waals surface area contributed by atoms with Gasteiger partial charge in [-0.3, -0.25) is 24.6 Å². The van der Waals surface area contributed by atoms with Crippen molar-refractivity contribution in [2.24, 2.45) is 11.8 Å². The number of carbonyl (C=O) groups is 3. The third-order valence-corrected chi connectivity index (χ3v) is 5.89. The Labute approximate surface area is 162 Å². The molecule has 4 rings (SSSR count). The Kier molecular flexibility index (Phi) is 4.11. The van der Waals surface area contributed by atoms with Crippen molar-refractivity contribution >= 4 is 28.8 Å². The van der Waals surface area contributed by atoms with Crippen molar-refractivity contribution in [2.75, 3.05) is 14.2 Å². The number of allylic oxidation sites excluding steroid dienone is 1. The maximum atomic E-state index is 12.9. The van der Waals surface area contributed by atoms with Gasteiger partial charge in [0.05, 0.1) is 36.0 Å². The van der Waals surface area contributed by atoms with Gasteiger partial charge < -0.3 is 9.30 Å². The van der Waals surface area contributed by atoms with Gasteiger partial charge in [-0.15, -0.1) is 6.58 Å². The molecule has 0 unspecified atom stereocenters. The molecule has 0 radical (unpaired) electrons. The number of benzene rings is 1. The van der Waals surface area contributed by atoms with Crippen LogP contribution in [0.2, 0.25) is 0 Å². The fourth-order valence-electron chi connectivity index (χ4n) is 4.56. The van der Waals surface area contributed by atoms with Crippen LogP contribution in [0.5, 0.6) is 0 Å². The number of ether oxygens (including phenoxy) is 1. The first kappa shape index (κ1) is 18.4. The first-order valence-corrected chi connectivity index (χ1v) is 9.08. The molecule has 2 aliphatic rings. The summed E-state index contributed by atoms with van der Waals surface area (Å²) in [6.07, 6.45) is 1.75. The lowest BCUT2D eigenvalue weighted by Gasteiger charge is -2.27. The first-order chi connectivity index (χ1) is 13.3. The van der Waals surface area contributed by atoms with Crippen molar-refractivity contribution in [3.8, 4) is 0 Å². The Morgan fingerprint density at radius 3 is 2.75 bits per heavy atom. The molecule has 0 bridgehead atoms. The molecule has 3 heterocycles. The van der Waals surface area contributed by atoms with Gasteiger partial charge in [0.2, 0.25) is 11.8 Å². The van der Waals surface area contributed by atoms with E-state index in [4.69, 9.17) is 9.72 Å². The highest BCUT2D eigenvalue weighted by Gasteiger charge is 2.67. The summed E-state index contributed by atoms with van der Waals surface area (Å²) in [4.78, 5) is 44.1. The summed E-state index contributed by atoms with van der Waals surface area (Å²) >= 11 is 0. The fraction of sp³-hybridized carbons (Fsp3) is 0.400. The number of amides is 2. The predicted octanol–water partition coefficient (Wildman–Crippen LogP) is 1.03. The van der Waals surface area contributed by atoms with Crippen LogP contribution >= 0.6 is 0 Å². The number of imidazole rings is 1. The third kappa shape index (κ3) is 2.27. The molecule has 1 aromatic heterocycles. The molecule has 1 aromatic carbocycles. The molecule has 1 N–H and O–H groups in total. The number of rotatable bonds is 4. The quantitative estimate of drug-likeness (QED) is 0.482. The number of imide groups is 1. The average Bonchev–Trinajstić information content (AvgIpc) is 3.29. The van der Waals surface area contributed by atoms with Crippen molar-refractivity contribution in [3.05, 3.63) is 42.7 Å². The van der Waals surface area contributed by atoms with Gasteiger partial charge in [0.15, 0.2) is 0 Å². The Morgan fingerprint density at radius 2 is 2.07 bits per heavy atom. The van der Waals surface area contributed by atoms with Gasteiger partial charge in [-0.25, -0.2) is 4.98 Å². The largest absolute Gasteiger partial charge is 0.468 e. The predicted molar refractivity (Wildman–Crippen MR) is 101 cm³/mol. The highest BCUT2D eigenvalue weighted by atomic mass is 16.5. The van der Waals surface area contributed by atoms with E-state index in [1.54, 1.807) is 13.0 Å². The molecule has 8 nitrogen and oxygen atoms in total. The Hall–Kier alpha value is -3.00. The zero-order valence-corrected chi connectivity index (χ0v) is 16.0. The molecule has 2 aromatic rings. The van der Waals surface area contributed by atoms with E-state index in [0.717, 1.165) is 15.9 Å². The number of carbonyl (C=O) groups excluding carboxylic acids is 3. The number of para-hydroxylation sites is 2. The van der Waals surface area contributed by atoms with Gasteiger partial charge >= 0.3 is 5.97 Å². The smallest absolute Gasteiger partial charge is 0.326 e. The SMILES string of the molecule is C=CCn1c([C@H]2N[C@@](C)(C(=O)OC)[C@H]3C(=O)N(C)C(=O)[C@@H]23)nc2ccccc21. The minimum absolute atomic E-state index is 0.322. The number of methoxy groups -OCH3 is 1. The molecule has 2 amide bonds. The summed E-state index contributed by atoms with van der Waals surface area (Å²) in [7, 11) is 2.72. The number of esters is 1. The Balaban J connectivity index is 1.91. The lowest BCUT2D eigenvalue weighted by Crippen LogP contribution is -2.53. The second kappa shape index (κ2) is 6.27. The molecule has 28 heavy (non-hydrogen) atoms. The molecule has 146 valence electrons. The monoisotopic (exact) mass is 382 g/mol. The van der Waals surface area contributed by atoms with Crippen LogP contribution in [0, 0.1) is 11.8 Å². The van der Waals surface area contributed by atoms with E-state index in [1.807, 2.05) is 28.8 Å². The molecule has 2 fully saturated rings. The number of likely N-dealkylation sites (tertiary alicyclic amines) is 1. The molecule has 2 saturated heterocycles. The van der Waals surface area contributed by atoms with Crippen LogP contribution < -0.4 is 5.32 Å². The third-order valence-electron chi connectivity index (χ3n) is 5.89. The number of hydrogen-bond acceptors (Lipinski definition) is 6. The molecule has 0 spiro atoms. The van der Waals surface area contributed by atoms with E-state index in [1.165, 1.54) is 14.2 Å². The van der Waals surface area contributed by atoms with Gasteiger partial charge in [0.1, 0.15) is 11.4 Å². The van der Waals surface area contributed by atoms with Gasteiger partial charge in [-0.1, -0.05) is 18.2 Å². The maximum Gasteiger partial charge on any atom is 0.326 e. The van der Waals surface area contributed by atoms with E-state index in [-0.39, 0.29) is 11.8 Å². The highest BCUT2D eigenvalue weighted by molar-refractivity contribution is 6.09. The normalized spacial score (nSPS) is 29.4. The Morgan fingerprint density at radius 1 is 1.36 bits per heavy atom. The summed E-state index contributed by atoms with van der Waals surface area (Å²) in [5.41, 5.74) is 0.348. The minimum Gasteiger partial charge on any atom is -0.468 e. The fourth-order valence-corrected chi connectivity index (χ4v) is 4.56. The van der Waals surface area contributed by atoms with Crippen LogP contribution in [0.4, 0.5) is 0 Å². The van der Waals surface area contributed by atoms with Crippen molar-refractivity contribution < 1.29 is 19.1 Å². The summed E-state index contributed by atoms with van der Waals surface area (Å²) in [6.45, 7) is 5.91. The summed E-state index contributed by atoms with van der Waals surface area (Å²) < 4.78 is 6.91. The van der Waals surface area contributed by atoms with Crippen LogP contribution in [0.15, 0.2) is 36.9 Å². The van der Waals surface area contributed by atoms with E-state index in [2.05, 4.69) is 11.9 Å². The van der Waals surface area contributed by atoms with Gasteiger partial charge in [0.25, 0.3) is 0 Å². The number of nitrogens with one attached hydrogen (secondary N) is 1. The van der Waals surface area contributed by atoms with E-state index >= 15 is 0 Å². The number of aromatic nitrogens is 2. The van der Waals surface area contributed by atoms with Crippen molar-refractivity contribution in [1.82, 2.24) is 19.8 Å². The zero-order valence-electron chi connectivity index (χ0n) is 16.0. The van der Waals surface area contributed by atoms with Gasteiger partial charge in [-0.05, 0) is 19.1 Å². The minimum atomic E-state index is -1.32. The second-order valence-corrected chi connectivity index (χ2v) is 7.41. The van der Waals surface area contributed by atoms with Crippen LogP contribution in [-0.4, -0.2) is 51.9 Å². The lowest BCUT2D eigenvalue weighted by atomic mass is 9.81. The highest BCUT2D eigenvalue weighted by Crippen LogP contribution is 2.48. The molecule has 8 heteroatoms. The maximum absolute atomic E-state index is 12.9. The number of nitrogens with zero attached hydrogens (tertiary/aromatic N) is 3. The summed E-state index contributed by atoms with van der Waals surface area (Å²) in [5.74, 6) is -2.27. The first-order valence-electron chi connectivity index (χ1n) is 9.08. The topological polar surface area (TPSA) is 93.5 Å². The zero-order chi connectivity index (χ0) is 20.2. The van der Waals surface area contributed by atoms with Gasteiger partial charge in [-0.2, -0.15) is 0 Å². The summed E-state index contributed by atoms with van der Waals surface area (Å²) in [5, 5.41) is 3.22. The van der Waals surface area contributed by atoms with Gasteiger partial charge in [0, 0.05) is 13.6 Å². The number of hydrogen-bond donors (Lipinski definition) is 1. The molecular formula is C20H22N4O4. The van der Waals surface area contributed by atoms with Crippen LogP contribution in [0.25, 0.3) is 11.0 Å². The van der Waals surface area contributed by atoms with E-state index in [0.29, 0.717) is 12.4 Å². The number of fused-ring (bicyclic) bond motifs is 2. The molecule has 2 aliphatic heterocycles. The van der Waals surface area contributed by atoms with E-state index in [9.17, 15) is 14.4 Å². The van der Waals surface area contributed by atoms with Crippen molar-refractivity contribution in [2.45, 2.75) is 25.0 Å². The molecular weight excluding hydrogens is 360 g/mol. The van der Waals surface area contributed by atoms with Crippen molar-refractivity contribution in [1.29, 1.82) is 0 Å². The molecule has 0 aliphatic carbocycles. The second-order valence-electron chi connectivity index (χ2n) is 7.41. The average molecular weight is 382 g/mol. The van der Waals surface area contributed by atoms with E-state index < -0.39 is 29.4 Å². The summed E-state index contributed by atoms with van der Waals surface area (Å²) in [6, 6.07) is 7.02. The van der Waals surface area contributed by atoms with Crippen LogP contribution in [-0.2, 0) is 25.7 Å². The standard InChI is InChI=1S/C20H22N4O4/c1-5-10-24-12-9-7-6-8-11(12)21-16(24)15-13-14(18(26)23(3)17(13)25)20(2,22-15)19(27)28-4/h5-9,13-15,22H,1,10H2,2-4H3/t13-,14-,15+,20-/m1/s1. The Bertz CT molecular complexity index is 1010. The van der Waals surface area contributed by atoms with Crippen LogP contribution in [0.1, 0.15) is 18.8 Å². The molecule has 4 atom stereocenters. The van der Waals surface area contributed by atoms with Crippen molar-refractivity contribution in [3.63, 3.8) is 0 Å². The lowest BCUT2D eigenvalue weighted by molar-refractivity contribution is -0.152. The molecule has 0 saturated carbocycles. The van der Waals surface area contributed by atoms with Crippen LogP contribution in [0.3, 0.4) is 0 Å².